The number of benzene rings is 3. The summed E-state index contributed by atoms with van der Waals surface area (Å²) in [5.74, 6) is 0.217. The first-order valence-corrected chi connectivity index (χ1v) is 15.8. The summed E-state index contributed by atoms with van der Waals surface area (Å²) >= 11 is 6.21. The van der Waals surface area contributed by atoms with E-state index in [1.165, 1.54) is 10.5 Å². The Morgan fingerprint density at radius 1 is 0.848 bits per heavy atom. The fourth-order valence-corrected chi connectivity index (χ4v) is 5.28. The summed E-state index contributed by atoms with van der Waals surface area (Å²) in [4.78, 5) is 41.3. The van der Waals surface area contributed by atoms with Crippen molar-refractivity contribution < 1.29 is 14.3 Å². The number of rotatable bonds is 11. The minimum absolute atomic E-state index is 0.0741. The predicted molar refractivity (Wildman–Crippen MR) is 187 cm³/mol. The third kappa shape index (κ3) is 8.21. The van der Waals surface area contributed by atoms with Gasteiger partial charge in [-0.2, -0.15) is 4.98 Å². The second-order valence-electron chi connectivity index (χ2n) is 11.4. The van der Waals surface area contributed by atoms with Crippen LogP contribution in [0.5, 0.6) is 5.88 Å². The van der Waals surface area contributed by atoms with Crippen molar-refractivity contribution in [2.75, 3.05) is 50.5 Å². The second-order valence-corrected chi connectivity index (χ2v) is 11.8. The van der Waals surface area contributed by atoms with Crippen molar-refractivity contribution in [2.45, 2.75) is 41.5 Å². The highest BCUT2D eigenvalue weighted by atomic mass is 35.5. The summed E-state index contributed by atoms with van der Waals surface area (Å²) in [6.45, 7) is 15.6. The van der Waals surface area contributed by atoms with Crippen molar-refractivity contribution >= 4 is 40.9 Å². The lowest BCUT2D eigenvalue weighted by molar-refractivity contribution is 0.0779. The van der Waals surface area contributed by atoms with Gasteiger partial charge in [0.15, 0.2) is 0 Å². The molecule has 0 aliphatic carbocycles. The molecule has 0 fully saturated rings. The Morgan fingerprint density at radius 3 is 2.28 bits per heavy atom. The van der Waals surface area contributed by atoms with Crippen LogP contribution in [-0.2, 0) is 0 Å². The molecule has 4 rings (SSSR count). The van der Waals surface area contributed by atoms with Crippen LogP contribution < -0.4 is 15.0 Å². The number of carbonyl (C=O) groups is 2. The molecule has 0 unspecified atom stereocenters. The molecule has 10 heteroatoms. The van der Waals surface area contributed by atoms with Gasteiger partial charge < -0.3 is 19.9 Å². The van der Waals surface area contributed by atoms with E-state index in [0.717, 1.165) is 41.9 Å². The van der Waals surface area contributed by atoms with Crippen molar-refractivity contribution in [3.63, 3.8) is 0 Å². The highest BCUT2D eigenvalue weighted by molar-refractivity contribution is 6.31. The van der Waals surface area contributed by atoms with Gasteiger partial charge in [-0.3, -0.25) is 9.69 Å². The van der Waals surface area contributed by atoms with Gasteiger partial charge in [-0.1, -0.05) is 49.7 Å². The molecule has 46 heavy (non-hydrogen) atoms. The van der Waals surface area contributed by atoms with Crippen molar-refractivity contribution in [3.8, 4) is 17.1 Å². The number of hydrogen-bond acceptors (Lipinski definition) is 7. The van der Waals surface area contributed by atoms with Gasteiger partial charge in [0.2, 0.25) is 11.8 Å². The number of amides is 2. The van der Waals surface area contributed by atoms with Crippen molar-refractivity contribution in [2.24, 2.45) is 0 Å². The number of aryl methyl sites for hydroxylation is 2. The monoisotopic (exact) mass is 642 g/mol. The largest absolute Gasteiger partial charge is 0.420 e. The van der Waals surface area contributed by atoms with Crippen LogP contribution in [0.2, 0.25) is 5.02 Å². The molecule has 0 spiro atoms. The van der Waals surface area contributed by atoms with Gasteiger partial charge in [0.05, 0.1) is 11.4 Å². The van der Waals surface area contributed by atoms with Gasteiger partial charge >= 0.3 is 6.09 Å². The summed E-state index contributed by atoms with van der Waals surface area (Å²) in [5, 5.41) is 3.74. The first-order valence-electron chi connectivity index (χ1n) is 15.4. The molecule has 0 atom stereocenters. The van der Waals surface area contributed by atoms with Crippen LogP contribution in [0.25, 0.3) is 11.3 Å². The van der Waals surface area contributed by atoms with Crippen LogP contribution in [0, 0.1) is 27.7 Å². The Hall–Kier alpha value is -4.47. The number of nitrogens with one attached hydrogen (secondary N) is 1. The molecule has 0 radical (unpaired) electrons. The lowest BCUT2D eigenvalue weighted by Crippen LogP contribution is -2.36. The molecule has 4 aromatic rings. The number of ether oxygens (including phenoxy) is 1. The maximum atomic E-state index is 13.3. The van der Waals surface area contributed by atoms with E-state index in [2.05, 4.69) is 42.9 Å². The van der Waals surface area contributed by atoms with Crippen LogP contribution >= 0.6 is 11.6 Å². The van der Waals surface area contributed by atoms with E-state index in [0.29, 0.717) is 34.2 Å². The Kier molecular flexibility index (Phi) is 11.4. The molecule has 2 amide bonds. The van der Waals surface area contributed by atoms with Gasteiger partial charge in [-0.05, 0) is 93.4 Å². The molecule has 0 aliphatic heterocycles. The van der Waals surface area contributed by atoms with Crippen molar-refractivity contribution in [1.29, 1.82) is 0 Å². The Balaban J connectivity index is 1.65. The van der Waals surface area contributed by atoms with E-state index in [9.17, 15) is 9.59 Å². The average Bonchev–Trinajstić information content (AvgIpc) is 3.04. The van der Waals surface area contributed by atoms with Crippen LogP contribution in [0.1, 0.15) is 46.5 Å². The molecule has 3 aromatic carbocycles. The fraction of sp³-hybridized carbons (Fsp3) is 0.333. The van der Waals surface area contributed by atoms with Crippen LogP contribution in [0.15, 0.2) is 60.7 Å². The number of nitrogens with zero attached hydrogens (tertiary/aromatic N) is 5. The van der Waals surface area contributed by atoms with E-state index in [1.807, 2.05) is 51.2 Å². The summed E-state index contributed by atoms with van der Waals surface area (Å²) in [6.07, 6.45) is -0.627. The molecule has 0 saturated heterocycles. The normalized spacial score (nSPS) is 11.0. The summed E-state index contributed by atoms with van der Waals surface area (Å²) in [7, 11) is 3.43. The molecular weight excluding hydrogens is 600 g/mol. The average molecular weight is 643 g/mol. The predicted octanol–water partition coefficient (Wildman–Crippen LogP) is 7.82. The zero-order valence-electron chi connectivity index (χ0n) is 27.9. The quantitative estimate of drug-likeness (QED) is 0.178. The molecule has 0 aliphatic rings. The first-order chi connectivity index (χ1) is 21.9. The molecule has 9 nitrogen and oxygen atoms in total. The number of halogens is 1. The van der Waals surface area contributed by atoms with Gasteiger partial charge in [0, 0.05) is 55.1 Å². The minimum Gasteiger partial charge on any atom is -0.391 e. The molecular formula is C36H43ClN6O3. The van der Waals surface area contributed by atoms with Gasteiger partial charge in [-0.15, -0.1) is 0 Å². The topological polar surface area (TPSA) is 90.9 Å². The third-order valence-corrected chi connectivity index (χ3v) is 8.63. The zero-order chi connectivity index (χ0) is 33.5. The van der Waals surface area contributed by atoms with Crippen LogP contribution in [0.3, 0.4) is 0 Å². The van der Waals surface area contributed by atoms with Gasteiger partial charge in [-0.25, -0.2) is 9.78 Å². The van der Waals surface area contributed by atoms with E-state index in [1.54, 1.807) is 42.3 Å². The molecule has 0 bridgehead atoms. The molecule has 0 saturated carbocycles. The molecule has 1 heterocycles. The SMILES string of the molecule is CCN(CC)CCN(C)C(=O)c1cccc(Nc2nc(OC(=O)N(C)c3cc(Cl)ccc3C)cc(-c3ccc(C)c(C)c3C)n2)c1. The number of aromatic nitrogens is 2. The van der Waals surface area contributed by atoms with Gasteiger partial charge in [0.25, 0.3) is 5.91 Å². The Bertz CT molecular complexity index is 1720. The first kappa shape index (κ1) is 34.4. The molecule has 1 N–H and O–H groups in total. The smallest absolute Gasteiger partial charge is 0.391 e. The maximum Gasteiger partial charge on any atom is 0.420 e. The lowest BCUT2D eigenvalue weighted by Gasteiger charge is -2.23. The minimum atomic E-state index is -0.627. The summed E-state index contributed by atoms with van der Waals surface area (Å²) in [5.41, 5.74) is 7.52. The number of likely N-dealkylation sites (N-methyl/N-ethyl adjacent to an activating group) is 2. The van der Waals surface area contributed by atoms with Crippen LogP contribution in [-0.4, -0.2) is 72.0 Å². The zero-order valence-corrected chi connectivity index (χ0v) is 28.7. The third-order valence-electron chi connectivity index (χ3n) is 8.39. The number of hydrogen-bond donors (Lipinski definition) is 1. The molecule has 242 valence electrons. The van der Waals surface area contributed by atoms with E-state index < -0.39 is 6.09 Å². The van der Waals surface area contributed by atoms with E-state index >= 15 is 0 Å². The Morgan fingerprint density at radius 2 is 1.57 bits per heavy atom. The molecule has 1 aromatic heterocycles. The number of anilines is 3. The second kappa shape index (κ2) is 15.2. The van der Waals surface area contributed by atoms with Crippen LogP contribution in [0.4, 0.5) is 22.1 Å². The maximum absolute atomic E-state index is 13.3. The van der Waals surface area contributed by atoms with E-state index in [4.69, 9.17) is 21.3 Å². The van der Waals surface area contributed by atoms with Gasteiger partial charge in [0.1, 0.15) is 0 Å². The summed E-state index contributed by atoms with van der Waals surface area (Å²) in [6, 6.07) is 18.2. The summed E-state index contributed by atoms with van der Waals surface area (Å²) < 4.78 is 5.81. The van der Waals surface area contributed by atoms with Crippen molar-refractivity contribution in [3.05, 3.63) is 93.5 Å². The Labute approximate surface area is 277 Å². The fourth-order valence-electron chi connectivity index (χ4n) is 5.12. The highest BCUT2D eigenvalue weighted by Crippen LogP contribution is 2.31. The number of carbonyl (C=O) groups excluding carboxylic acids is 2. The highest BCUT2D eigenvalue weighted by Gasteiger charge is 2.20. The van der Waals surface area contributed by atoms with E-state index in [-0.39, 0.29) is 17.7 Å². The lowest BCUT2D eigenvalue weighted by atomic mass is 9.97. The standard InChI is InChI=1S/C36H43ClN6O3/c1-9-43(10-2)19-18-41(7)34(44)27-12-11-13-29(20-27)38-35-39-31(30-17-15-23(3)25(5)26(30)6)22-33(40-35)46-36(45)42(8)32-21-28(37)16-14-24(32)4/h11-17,20-22H,9-10,18-19H2,1-8H3,(H,38,39,40). The van der Waals surface area contributed by atoms with Crippen molar-refractivity contribution in [1.82, 2.24) is 19.8 Å².